The molecule has 0 atom stereocenters. The van der Waals surface area contributed by atoms with Gasteiger partial charge in [0.1, 0.15) is 0 Å². The average molecular weight is 339 g/mol. The number of nitro benzene ring substituents is 1. The Morgan fingerprint density at radius 2 is 2.09 bits per heavy atom. The van der Waals surface area contributed by atoms with Gasteiger partial charge >= 0.3 is 0 Å². The van der Waals surface area contributed by atoms with Crippen molar-refractivity contribution >= 4 is 28.9 Å². The summed E-state index contributed by atoms with van der Waals surface area (Å²) < 4.78 is 18.6. The summed E-state index contributed by atoms with van der Waals surface area (Å²) in [6.07, 6.45) is 0. The summed E-state index contributed by atoms with van der Waals surface area (Å²) in [5.41, 5.74) is 0.956. The van der Waals surface area contributed by atoms with E-state index in [1.807, 2.05) is 6.92 Å². The molecule has 0 unspecified atom stereocenters. The van der Waals surface area contributed by atoms with Crippen LogP contribution in [0, 0.1) is 22.9 Å². The monoisotopic (exact) mass is 338 g/mol. The highest BCUT2D eigenvalue weighted by Gasteiger charge is 2.13. The first-order valence-corrected chi connectivity index (χ1v) is 6.87. The molecule has 2 aromatic carbocycles. The summed E-state index contributed by atoms with van der Waals surface area (Å²) in [6.45, 7) is 1.40. The Hall–Kier alpha value is -2.67. The molecule has 1 amide bonds. The Balaban J connectivity index is 1.98. The van der Waals surface area contributed by atoms with Crippen molar-refractivity contribution in [3.05, 3.63) is 62.9 Å². The predicted octanol–water partition coefficient (Wildman–Crippen LogP) is 3.71. The Morgan fingerprint density at radius 1 is 1.35 bits per heavy atom. The van der Waals surface area contributed by atoms with Crippen LogP contribution in [0.2, 0.25) is 5.02 Å². The fraction of sp³-hybridized carbons (Fsp3) is 0.133. The van der Waals surface area contributed by atoms with Crippen LogP contribution in [0.4, 0.5) is 15.8 Å². The van der Waals surface area contributed by atoms with E-state index in [2.05, 4.69) is 5.32 Å². The fourth-order valence-electron chi connectivity index (χ4n) is 1.77. The van der Waals surface area contributed by atoms with E-state index < -0.39 is 28.9 Å². The fourth-order valence-corrected chi connectivity index (χ4v) is 2.05. The molecule has 2 rings (SSSR count). The van der Waals surface area contributed by atoms with Gasteiger partial charge in [0.25, 0.3) is 11.6 Å². The predicted molar refractivity (Wildman–Crippen MR) is 83.4 cm³/mol. The number of carbonyl (C=O) groups is 1. The standard InChI is InChI=1S/C15H12ClFN2O4/c1-9-2-4-13(11(16)6-9)18-15(20)8-23-14-5-3-10(19(21)22)7-12(14)17/h2-7H,8H2,1H3,(H,18,20). The smallest absolute Gasteiger partial charge is 0.272 e. The number of aryl methyl sites for hydroxylation is 1. The first-order chi connectivity index (χ1) is 10.9. The van der Waals surface area contributed by atoms with Crippen molar-refractivity contribution in [2.24, 2.45) is 0 Å². The van der Waals surface area contributed by atoms with Crippen molar-refractivity contribution in [2.75, 3.05) is 11.9 Å². The van der Waals surface area contributed by atoms with Gasteiger partial charge in [0.15, 0.2) is 18.2 Å². The normalized spacial score (nSPS) is 10.2. The van der Waals surface area contributed by atoms with Gasteiger partial charge in [0, 0.05) is 6.07 Å². The van der Waals surface area contributed by atoms with Crippen molar-refractivity contribution < 1.29 is 18.8 Å². The summed E-state index contributed by atoms with van der Waals surface area (Å²) in [7, 11) is 0. The molecule has 0 spiro atoms. The molecule has 6 nitrogen and oxygen atoms in total. The SMILES string of the molecule is Cc1ccc(NC(=O)COc2ccc([N+](=O)[O-])cc2F)c(Cl)c1. The molecule has 0 heterocycles. The minimum atomic E-state index is -0.916. The van der Waals surface area contributed by atoms with Crippen LogP contribution in [0.25, 0.3) is 0 Å². The maximum Gasteiger partial charge on any atom is 0.272 e. The quantitative estimate of drug-likeness (QED) is 0.665. The van der Waals surface area contributed by atoms with Gasteiger partial charge in [-0.2, -0.15) is 0 Å². The van der Waals surface area contributed by atoms with Gasteiger partial charge in [-0.15, -0.1) is 0 Å². The second-order valence-electron chi connectivity index (χ2n) is 4.69. The van der Waals surface area contributed by atoms with Crippen LogP contribution in [-0.2, 0) is 4.79 Å². The van der Waals surface area contributed by atoms with Gasteiger partial charge in [-0.05, 0) is 30.7 Å². The van der Waals surface area contributed by atoms with Gasteiger partial charge < -0.3 is 10.1 Å². The Labute approximate surface area is 136 Å². The summed E-state index contributed by atoms with van der Waals surface area (Å²) in [4.78, 5) is 21.6. The second kappa shape index (κ2) is 7.06. The molecule has 0 aromatic heterocycles. The second-order valence-corrected chi connectivity index (χ2v) is 5.10. The molecule has 0 radical (unpaired) electrons. The number of nitrogens with zero attached hydrogens (tertiary/aromatic N) is 1. The third-order valence-corrected chi connectivity index (χ3v) is 3.20. The summed E-state index contributed by atoms with van der Waals surface area (Å²) >= 11 is 5.98. The van der Waals surface area contributed by atoms with E-state index in [4.69, 9.17) is 16.3 Å². The first kappa shape index (κ1) is 16.7. The molecule has 23 heavy (non-hydrogen) atoms. The molecule has 0 saturated carbocycles. The number of carbonyl (C=O) groups excluding carboxylic acids is 1. The molecule has 0 saturated heterocycles. The molecule has 1 N–H and O–H groups in total. The van der Waals surface area contributed by atoms with Gasteiger partial charge in [0.05, 0.1) is 21.7 Å². The van der Waals surface area contributed by atoms with Crippen LogP contribution in [-0.4, -0.2) is 17.4 Å². The van der Waals surface area contributed by atoms with Gasteiger partial charge in [-0.1, -0.05) is 17.7 Å². The van der Waals surface area contributed by atoms with E-state index in [1.165, 1.54) is 0 Å². The zero-order chi connectivity index (χ0) is 17.0. The number of hydrogen-bond donors (Lipinski definition) is 1. The lowest BCUT2D eigenvalue weighted by molar-refractivity contribution is -0.385. The van der Waals surface area contributed by atoms with Gasteiger partial charge in [0.2, 0.25) is 0 Å². The maximum absolute atomic E-state index is 13.6. The zero-order valence-electron chi connectivity index (χ0n) is 12.0. The number of rotatable bonds is 5. The van der Waals surface area contributed by atoms with Crippen LogP contribution in [0.5, 0.6) is 5.75 Å². The number of non-ortho nitro benzene ring substituents is 1. The van der Waals surface area contributed by atoms with Gasteiger partial charge in [-0.3, -0.25) is 14.9 Å². The summed E-state index contributed by atoms with van der Waals surface area (Å²) in [6, 6.07) is 8.02. The number of ether oxygens (including phenoxy) is 1. The highest BCUT2D eigenvalue weighted by atomic mass is 35.5. The molecular weight excluding hydrogens is 327 g/mol. The first-order valence-electron chi connectivity index (χ1n) is 6.49. The molecule has 120 valence electrons. The lowest BCUT2D eigenvalue weighted by Gasteiger charge is -2.09. The summed E-state index contributed by atoms with van der Waals surface area (Å²) in [5, 5.41) is 13.4. The number of amides is 1. The van der Waals surface area contributed by atoms with Crippen LogP contribution in [0.3, 0.4) is 0 Å². The van der Waals surface area contributed by atoms with Crippen molar-refractivity contribution in [3.8, 4) is 5.75 Å². The maximum atomic E-state index is 13.6. The Kier molecular flexibility index (Phi) is 5.13. The molecule has 0 aliphatic heterocycles. The lowest BCUT2D eigenvalue weighted by Crippen LogP contribution is -2.20. The van der Waals surface area contributed by atoms with Crippen LogP contribution in [0.15, 0.2) is 36.4 Å². The van der Waals surface area contributed by atoms with Crippen molar-refractivity contribution in [3.63, 3.8) is 0 Å². The van der Waals surface area contributed by atoms with E-state index in [0.717, 1.165) is 23.8 Å². The number of hydrogen-bond acceptors (Lipinski definition) is 4. The number of anilines is 1. The van der Waals surface area contributed by atoms with E-state index in [1.54, 1.807) is 18.2 Å². The third-order valence-electron chi connectivity index (χ3n) is 2.88. The largest absolute Gasteiger partial charge is 0.481 e. The Morgan fingerprint density at radius 3 is 2.70 bits per heavy atom. The van der Waals surface area contributed by atoms with E-state index in [0.29, 0.717) is 10.7 Å². The molecule has 2 aromatic rings. The zero-order valence-corrected chi connectivity index (χ0v) is 12.8. The van der Waals surface area contributed by atoms with Crippen molar-refractivity contribution in [2.45, 2.75) is 6.92 Å². The molecule has 0 fully saturated rings. The van der Waals surface area contributed by atoms with E-state index in [-0.39, 0.29) is 5.75 Å². The van der Waals surface area contributed by atoms with Gasteiger partial charge in [-0.25, -0.2) is 4.39 Å². The van der Waals surface area contributed by atoms with E-state index >= 15 is 0 Å². The third kappa shape index (κ3) is 4.40. The highest BCUT2D eigenvalue weighted by molar-refractivity contribution is 6.33. The molecular formula is C15H12ClFN2O4. The number of benzene rings is 2. The Bertz CT molecular complexity index is 767. The highest BCUT2D eigenvalue weighted by Crippen LogP contribution is 2.24. The molecule has 0 aliphatic rings. The molecule has 0 bridgehead atoms. The average Bonchev–Trinajstić information content (AvgIpc) is 2.48. The minimum Gasteiger partial charge on any atom is -0.481 e. The lowest BCUT2D eigenvalue weighted by atomic mass is 10.2. The van der Waals surface area contributed by atoms with Crippen LogP contribution < -0.4 is 10.1 Å². The van der Waals surface area contributed by atoms with Crippen LogP contribution >= 0.6 is 11.6 Å². The number of nitrogens with one attached hydrogen (secondary N) is 1. The van der Waals surface area contributed by atoms with E-state index in [9.17, 15) is 19.3 Å². The van der Waals surface area contributed by atoms with Crippen LogP contribution in [0.1, 0.15) is 5.56 Å². The number of nitro groups is 1. The van der Waals surface area contributed by atoms with Crippen molar-refractivity contribution in [1.82, 2.24) is 0 Å². The topological polar surface area (TPSA) is 81.5 Å². The van der Waals surface area contributed by atoms with Crippen molar-refractivity contribution in [1.29, 1.82) is 0 Å². The minimum absolute atomic E-state index is 0.249. The number of halogens is 2. The molecule has 8 heteroatoms. The molecule has 0 aliphatic carbocycles. The summed E-state index contributed by atoms with van der Waals surface area (Å²) in [5.74, 6) is -1.70.